The molecule has 2 fully saturated rings. The molecule has 9 atom stereocenters. The Hall–Kier alpha value is -0.360. The highest BCUT2D eigenvalue weighted by molar-refractivity contribution is 4.91. The van der Waals surface area contributed by atoms with E-state index in [0.29, 0.717) is 0 Å². The van der Waals surface area contributed by atoms with Crippen molar-refractivity contribution in [3.8, 4) is 0 Å². The Morgan fingerprint density at radius 3 is 2.29 bits per heavy atom. The Labute approximate surface area is 121 Å². The maximum Gasteiger partial charge on any atom is 0.187 e. The normalized spacial score (nSPS) is 51.9. The van der Waals surface area contributed by atoms with Crippen LogP contribution in [0.4, 0.5) is 0 Å². The highest BCUT2D eigenvalue weighted by atomic mass is 16.7. The number of aliphatic hydroxyl groups excluding tert-OH is 6. The lowest BCUT2D eigenvalue weighted by Crippen LogP contribution is -2.62. The third kappa shape index (κ3) is 3.36. The van der Waals surface area contributed by atoms with Crippen molar-refractivity contribution in [2.75, 3.05) is 13.2 Å². The van der Waals surface area contributed by atoms with Crippen molar-refractivity contribution < 1.29 is 44.8 Å². The second-order valence-corrected chi connectivity index (χ2v) is 5.39. The molecule has 2 aliphatic heterocycles. The third-order valence-corrected chi connectivity index (χ3v) is 3.86. The molecular weight excluding hydrogens is 288 g/mol. The van der Waals surface area contributed by atoms with E-state index >= 15 is 0 Å². The highest BCUT2D eigenvalue weighted by Crippen LogP contribution is 2.26. The van der Waals surface area contributed by atoms with Crippen molar-refractivity contribution in [1.82, 2.24) is 0 Å². The maximum absolute atomic E-state index is 9.98. The second-order valence-electron chi connectivity index (χ2n) is 5.39. The van der Waals surface area contributed by atoms with Crippen LogP contribution in [0.3, 0.4) is 0 Å². The molecule has 9 nitrogen and oxygen atoms in total. The van der Waals surface area contributed by atoms with Crippen LogP contribution in [-0.4, -0.2) is 99.0 Å². The lowest BCUT2D eigenvalue weighted by molar-refractivity contribution is -0.330. The van der Waals surface area contributed by atoms with Gasteiger partial charge in [0.05, 0.1) is 19.3 Å². The minimum Gasteiger partial charge on any atom is -0.394 e. The van der Waals surface area contributed by atoms with Crippen LogP contribution in [0.1, 0.15) is 6.92 Å². The van der Waals surface area contributed by atoms with Gasteiger partial charge in [0.1, 0.15) is 42.7 Å². The molecular formula is C12H22O9. The van der Waals surface area contributed by atoms with Crippen molar-refractivity contribution in [1.29, 1.82) is 0 Å². The van der Waals surface area contributed by atoms with Gasteiger partial charge in [0, 0.05) is 0 Å². The minimum absolute atomic E-state index is 0.156. The van der Waals surface area contributed by atoms with Crippen molar-refractivity contribution in [3.05, 3.63) is 0 Å². The average molecular weight is 310 g/mol. The van der Waals surface area contributed by atoms with Gasteiger partial charge in [-0.2, -0.15) is 0 Å². The van der Waals surface area contributed by atoms with Gasteiger partial charge in [0.15, 0.2) is 6.29 Å². The minimum atomic E-state index is -1.54. The Bertz CT molecular complexity index is 341. The van der Waals surface area contributed by atoms with E-state index in [-0.39, 0.29) is 6.61 Å². The smallest absolute Gasteiger partial charge is 0.187 e. The van der Waals surface area contributed by atoms with Crippen LogP contribution in [0.25, 0.3) is 0 Å². The van der Waals surface area contributed by atoms with E-state index in [1.807, 2.05) is 0 Å². The lowest BCUT2D eigenvalue weighted by atomic mass is 9.98. The summed E-state index contributed by atoms with van der Waals surface area (Å²) in [6.07, 6.45) is -11.0. The summed E-state index contributed by atoms with van der Waals surface area (Å²) < 4.78 is 15.6. The molecule has 0 aromatic heterocycles. The van der Waals surface area contributed by atoms with Gasteiger partial charge in [-0.3, -0.25) is 0 Å². The van der Waals surface area contributed by atoms with Crippen LogP contribution < -0.4 is 0 Å². The van der Waals surface area contributed by atoms with E-state index in [2.05, 4.69) is 0 Å². The van der Waals surface area contributed by atoms with Gasteiger partial charge in [-0.05, 0) is 6.92 Å². The summed E-state index contributed by atoms with van der Waals surface area (Å²) in [4.78, 5) is 0. The molecule has 0 aromatic rings. The topological polar surface area (TPSA) is 149 Å². The molecule has 2 aliphatic rings. The lowest BCUT2D eigenvalue weighted by Gasteiger charge is -2.43. The number of hydrogen-bond acceptors (Lipinski definition) is 9. The van der Waals surface area contributed by atoms with E-state index in [9.17, 15) is 25.5 Å². The van der Waals surface area contributed by atoms with Crippen LogP contribution >= 0.6 is 0 Å². The molecule has 0 unspecified atom stereocenters. The summed E-state index contributed by atoms with van der Waals surface area (Å²) in [6.45, 7) is 0.875. The fourth-order valence-electron chi connectivity index (χ4n) is 2.47. The van der Waals surface area contributed by atoms with Gasteiger partial charge in [0.2, 0.25) is 0 Å². The molecule has 6 N–H and O–H groups in total. The van der Waals surface area contributed by atoms with Crippen molar-refractivity contribution in [2.45, 2.75) is 62.0 Å². The molecule has 0 aromatic carbocycles. The van der Waals surface area contributed by atoms with Gasteiger partial charge in [0.25, 0.3) is 0 Å². The zero-order chi connectivity index (χ0) is 15.7. The maximum atomic E-state index is 9.98. The summed E-state index contributed by atoms with van der Waals surface area (Å²) >= 11 is 0. The zero-order valence-electron chi connectivity index (χ0n) is 11.5. The van der Waals surface area contributed by atoms with Crippen molar-refractivity contribution in [2.24, 2.45) is 0 Å². The first kappa shape index (κ1) is 17.0. The monoisotopic (exact) mass is 310 g/mol. The molecule has 0 amide bonds. The molecule has 9 heteroatoms. The molecule has 21 heavy (non-hydrogen) atoms. The molecule has 0 spiro atoms. The largest absolute Gasteiger partial charge is 0.394 e. The second kappa shape index (κ2) is 6.82. The van der Waals surface area contributed by atoms with E-state index in [1.165, 1.54) is 6.92 Å². The Morgan fingerprint density at radius 2 is 1.67 bits per heavy atom. The van der Waals surface area contributed by atoms with Gasteiger partial charge in [-0.1, -0.05) is 0 Å². The standard InChI is InChI=1S/C12H22O9/c1-4-7(15)9(17)10(18)12(20-4)21-11-5(14)3-19-6(2-13)8(11)16/h4-18H,2-3H2,1H3/t4-,5-,6+,7+,8-,9+,10-,11+,12-/m0/s1. The Morgan fingerprint density at radius 1 is 1.00 bits per heavy atom. The number of aliphatic hydroxyl groups is 6. The number of ether oxygens (including phenoxy) is 3. The van der Waals surface area contributed by atoms with Crippen LogP contribution in [0.15, 0.2) is 0 Å². The first-order chi connectivity index (χ1) is 9.86. The quantitative estimate of drug-likeness (QED) is 0.310. The Kier molecular flexibility index (Phi) is 5.52. The Balaban J connectivity index is 2.05. The first-order valence-electron chi connectivity index (χ1n) is 6.80. The predicted molar refractivity (Wildman–Crippen MR) is 66.1 cm³/mol. The summed E-state index contributed by atoms with van der Waals surface area (Å²) in [5.74, 6) is 0. The van der Waals surface area contributed by atoms with Gasteiger partial charge in [-0.25, -0.2) is 0 Å². The molecule has 0 aliphatic carbocycles. The first-order valence-corrected chi connectivity index (χ1v) is 6.80. The van der Waals surface area contributed by atoms with E-state index in [4.69, 9.17) is 19.3 Å². The van der Waals surface area contributed by atoms with E-state index in [1.54, 1.807) is 0 Å². The van der Waals surface area contributed by atoms with Crippen molar-refractivity contribution in [3.63, 3.8) is 0 Å². The third-order valence-electron chi connectivity index (χ3n) is 3.86. The molecule has 0 saturated carbocycles. The van der Waals surface area contributed by atoms with E-state index < -0.39 is 61.7 Å². The summed E-state index contributed by atoms with van der Waals surface area (Å²) in [6, 6.07) is 0. The fourth-order valence-corrected chi connectivity index (χ4v) is 2.47. The van der Waals surface area contributed by atoms with Crippen LogP contribution in [0.2, 0.25) is 0 Å². The molecule has 2 saturated heterocycles. The van der Waals surface area contributed by atoms with E-state index in [0.717, 1.165) is 0 Å². The molecule has 0 bridgehead atoms. The SMILES string of the molecule is C[C@@H]1O[C@@H](O[C@H]2[C@@H](O)[C@@H](CO)OC[C@@H]2O)[C@@H](O)[C@H](O)[C@@H]1O. The number of rotatable bonds is 3. The van der Waals surface area contributed by atoms with Crippen molar-refractivity contribution >= 4 is 0 Å². The average Bonchev–Trinajstić information content (AvgIpc) is 2.46. The fraction of sp³-hybridized carbons (Fsp3) is 1.00. The molecule has 0 radical (unpaired) electrons. The number of hydrogen-bond donors (Lipinski definition) is 6. The van der Waals surface area contributed by atoms with Gasteiger partial charge >= 0.3 is 0 Å². The highest BCUT2D eigenvalue weighted by Gasteiger charge is 2.47. The zero-order valence-corrected chi connectivity index (χ0v) is 11.5. The van der Waals surface area contributed by atoms with Gasteiger partial charge < -0.3 is 44.8 Å². The van der Waals surface area contributed by atoms with Crippen LogP contribution in [-0.2, 0) is 14.2 Å². The van der Waals surface area contributed by atoms with Crippen LogP contribution in [0, 0.1) is 0 Å². The predicted octanol–water partition coefficient (Wildman–Crippen LogP) is -3.69. The molecule has 124 valence electrons. The summed E-state index contributed by atoms with van der Waals surface area (Å²) in [5.41, 5.74) is 0. The summed E-state index contributed by atoms with van der Waals surface area (Å²) in [5, 5.41) is 58.0. The molecule has 2 heterocycles. The molecule has 2 rings (SSSR count). The van der Waals surface area contributed by atoms with Gasteiger partial charge in [-0.15, -0.1) is 0 Å². The summed E-state index contributed by atoms with van der Waals surface area (Å²) in [7, 11) is 0. The van der Waals surface area contributed by atoms with Crippen LogP contribution in [0.5, 0.6) is 0 Å².